The van der Waals surface area contributed by atoms with Crippen molar-refractivity contribution in [2.24, 2.45) is 21.7 Å². The second-order valence-electron chi connectivity index (χ2n) is 12.2. The van der Waals surface area contributed by atoms with E-state index in [0.29, 0.717) is 17.9 Å². The average molecular weight is 429 g/mol. The molecule has 2 heteroatoms. The van der Waals surface area contributed by atoms with E-state index in [4.69, 9.17) is 0 Å². The van der Waals surface area contributed by atoms with E-state index in [1.165, 1.54) is 0 Å². The van der Waals surface area contributed by atoms with Crippen LogP contribution in [0.15, 0.2) is 46.0 Å². The van der Waals surface area contributed by atoms with E-state index in [-0.39, 0.29) is 21.7 Å². The summed E-state index contributed by atoms with van der Waals surface area (Å²) in [5.41, 5.74) is 4.30. The maximum Gasteiger partial charge on any atom is 0.118 e. The van der Waals surface area contributed by atoms with Gasteiger partial charge in [-0.2, -0.15) is 0 Å². The first-order chi connectivity index (χ1) is 14.2. The second-order valence-corrected chi connectivity index (χ2v) is 12.2. The van der Waals surface area contributed by atoms with E-state index in [0.717, 1.165) is 60.8 Å². The molecule has 2 rings (SSSR count). The molecule has 0 fully saturated rings. The quantitative estimate of drug-likeness (QED) is 0.442. The van der Waals surface area contributed by atoms with E-state index >= 15 is 0 Å². The number of aliphatic hydroxyl groups is 2. The SMILES string of the molecule is CCC1(CC)C=C(C(C)(C)C)C(O)=C(CC2=C(O)C(C(C)(C)C)=CC(CC)(CC)C2)C1. The van der Waals surface area contributed by atoms with Gasteiger partial charge in [0.1, 0.15) is 11.5 Å². The molecule has 0 aromatic carbocycles. The average Bonchev–Trinajstić information content (AvgIpc) is 2.69. The molecule has 0 bridgehead atoms. The third-order valence-electron chi connectivity index (χ3n) is 8.07. The van der Waals surface area contributed by atoms with Crippen LogP contribution in [0.1, 0.15) is 114 Å². The lowest BCUT2D eigenvalue weighted by Gasteiger charge is -2.41. The standard InChI is InChI=1S/C29H48O2/c1-11-28(12-2)16-20(24(30)22(18-28)26(5,6)7)15-21-17-29(13-3,14-4)19-23(25(21)31)27(8,9)10/h18-19,30-31H,11-17H2,1-10H3. The minimum atomic E-state index is -0.110. The van der Waals surface area contributed by atoms with Gasteiger partial charge in [-0.25, -0.2) is 0 Å². The zero-order valence-electron chi connectivity index (χ0n) is 22.0. The molecule has 0 aromatic rings. The summed E-state index contributed by atoms with van der Waals surface area (Å²) in [5, 5.41) is 22.7. The molecule has 2 N–H and O–H groups in total. The van der Waals surface area contributed by atoms with Crippen molar-refractivity contribution in [1.29, 1.82) is 0 Å². The summed E-state index contributed by atoms with van der Waals surface area (Å²) in [6.45, 7) is 22.2. The monoisotopic (exact) mass is 428 g/mol. The van der Waals surface area contributed by atoms with Crippen molar-refractivity contribution in [3.63, 3.8) is 0 Å². The highest BCUT2D eigenvalue weighted by Gasteiger charge is 2.39. The molecule has 0 radical (unpaired) electrons. The van der Waals surface area contributed by atoms with Crippen LogP contribution < -0.4 is 0 Å². The Morgan fingerprint density at radius 2 is 0.935 bits per heavy atom. The highest BCUT2D eigenvalue weighted by atomic mass is 16.3. The lowest BCUT2D eigenvalue weighted by Crippen LogP contribution is -2.29. The maximum atomic E-state index is 11.4. The lowest BCUT2D eigenvalue weighted by molar-refractivity contribution is 0.279. The molecule has 176 valence electrons. The van der Waals surface area contributed by atoms with Crippen LogP contribution >= 0.6 is 0 Å². The van der Waals surface area contributed by atoms with Crippen molar-refractivity contribution in [1.82, 2.24) is 0 Å². The van der Waals surface area contributed by atoms with Crippen molar-refractivity contribution in [2.75, 3.05) is 0 Å². The molecule has 0 unspecified atom stereocenters. The molecule has 0 saturated carbocycles. The van der Waals surface area contributed by atoms with Crippen LogP contribution in [0.2, 0.25) is 0 Å². The number of aliphatic hydroxyl groups excluding tert-OH is 2. The molecule has 2 aliphatic rings. The molecule has 31 heavy (non-hydrogen) atoms. The smallest absolute Gasteiger partial charge is 0.118 e. The highest BCUT2D eigenvalue weighted by Crippen LogP contribution is 2.52. The second kappa shape index (κ2) is 8.83. The molecular weight excluding hydrogens is 380 g/mol. The third-order valence-corrected chi connectivity index (χ3v) is 8.07. The number of rotatable bonds is 6. The molecule has 2 aliphatic carbocycles. The van der Waals surface area contributed by atoms with Gasteiger partial charge in [0.25, 0.3) is 0 Å². The van der Waals surface area contributed by atoms with Crippen molar-refractivity contribution < 1.29 is 10.2 Å². The zero-order valence-corrected chi connectivity index (χ0v) is 22.0. The summed E-state index contributed by atoms with van der Waals surface area (Å²) in [6, 6.07) is 0. The van der Waals surface area contributed by atoms with Crippen LogP contribution in [-0.4, -0.2) is 10.2 Å². The van der Waals surface area contributed by atoms with Crippen molar-refractivity contribution >= 4 is 0 Å². The summed E-state index contributed by atoms with van der Waals surface area (Å²) in [7, 11) is 0. The van der Waals surface area contributed by atoms with E-state index < -0.39 is 0 Å². The summed E-state index contributed by atoms with van der Waals surface area (Å²) >= 11 is 0. The van der Waals surface area contributed by atoms with Gasteiger partial charge < -0.3 is 10.2 Å². The predicted octanol–water partition coefficient (Wildman–Crippen LogP) is 9.37. The molecular formula is C29H48O2. The van der Waals surface area contributed by atoms with Crippen LogP contribution in [0.5, 0.6) is 0 Å². The first kappa shape index (κ1) is 25.8. The third kappa shape index (κ3) is 5.15. The summed E-state index contributed by atoms with van der Waals surface area (Å²) in [6.07, 6.45) is 11.4. The fraction of sp³-hybridized carbons (Fsp3) is 0.724. The molecule has 2 nitrogen and oxygen atoms in total. The van der Waals surface area contributed by atoms with Gasteiger partial charge in [-0.1, -0.05) is 81.4 Å². The van der Waals surface area contributed by atoms with E-state index in [2.05, 4.69) is 81.4 Å². The summed E-state index contributed by atoms with van der Waals surface area (Å²) in [4.78, 5) is 0. The normalized spacial score (nSPS) is 21.9. The number of hydrogen-bond acceptors (Lipinski definition) is 2. The van der Waals surface area contributed by atoms with Gasteiger partial charge >= 0.3 is 0 Å². The Bertz CT molecular complexity index is 727. The van der Waals surface area contributed by atoms with Crippen molar-refractivity contribution in [3.05, 3.63) is 46.0 Å². The Hall–Kier alpha value is -1.44. The summed E-state index contributed by atoms with van der Waals surface area (Å²) < 4.78 is 0. The van der Waals surface area contributed by atoms with Crippen LogP contribution in [0.25, 0.3) is 0 Å². The lowest BCUT2D eigenvalue weighted by atomic mass is 9.64. The molecule has 0 atom stereocenters. The number of hydrogen-bond donors (Lipinski definition) is 2. The predicted molar refractivity (Wildman–Crippen MR) is 134 cm³/mol. The zero-order chi connectivity index (χ0) is 23.8. The van der Waals surface area contributed by atoms with Crippen LogP contribution in [0.3, 0.4) is 0 Å². The van der Waals surface area contributed by atoms with E-state index in [9.17, 15) is 10.2 Å². The van der Waals surface area contributed by atoms with Crippen molar-refractivity contribution in [3.8, 4) is 0 Å². The first-order valence-electron chi connectivity index (χ1n) is 12.5. The van der Waals surface area contributed by atoms with Gasteiger partial charge in [0, 0.05) is 0 Å². The maximum absolute atomic E-state index is 11.4. The Labute approximate surface area is 192 Å². The van der Waals surface area contributed by atoms with Gasteiger partial charge in [-0.05, 0) is 88.9 Å². The fourth-order valence-electron chi connectivity index (χ4n) is 5.35. The van der Waals surface area contributed by atoms with Gasteiger partial charge in [-0.3, -0.25) is 0 Å². The highest BCUT2D eigenvalue weighted by molar-refractivity contribution is 5.46. The minimum Gasteiger partial charge on any atom is -0.508 e. The van der Waals surface area contributed by atoms with Gasteiger partial charge in [0.2, 0.25) is 0 Å². The Morgan fingerprint density at radius 1 is 0.645 bits per heavy atom. The van der Waals surface area contributed by atoms with E-state index in [1.54, 1.807) is 0 Å². The van der Waals surface area contributed by atoms with Gasteiger partial charge in [-0.15, -0.1) is 0 Å². The fourth-order valence-corrected chi connectivity index (χ4v) is 5.35. The Kier molecular flexibility index (Phi) is 7.36. The van der Waals surface area contributed by atoms with Crippen molar-refractivity contribution in [2.45, 2.75) is 114 Å². The molecule has 0 spiro atoms. The van der Waals surface area contributed by atoms with Crippen LogP contribution in [0.4, 0.5) is 0 Å². The van der Waals surface area contributed by atoms with Crippen LogP contribution in [0, 0.1) is 21.7 Å². The Morgan fingerprint density at radius 3 is 1.16 bits per heavy atom. The van der Waals surface area contributed by atoms with Gasteiger partial charge in [0.05, 0.1) is 0 Å². The topological polar surface area (TPSA) is 40.5 Å². The molecule has 0 aromatic heterocycles. The van der Waals surface area contributed by atoms with Crippen LogP contribution in [-0.2, 0) is 0 Å². The number of allylic oxidation sites excluding steroid dienone is 6. The minimum absolute atomic E-state index is 0.0876. The summed E-state index contributed by atoms with van der Waals surface area (Å²) in [5.74, 6) is 0.937. The first-order valence-corrected chi connectivity index (χ1v) is 12.5. The largest absolute Gasteiger partial charge is 0.508 e. The molecule has 0 aliphatic heterocycles. The molecule has 0 heterocycles. The van der Waals surface area contributed by atoms with Gasteiger partial charge in [0.15, 0.2) is 0 Å². The Balaban J connectivity index is 2.61. The molecule has 0 saturated heterocycles. The molecule has 0 amide bonds. The van der Waals surface area contributed by atoms with E-state index in [1.807, 2.05) is 0 Å².